The molecule has 0 spiro atoms. The van der Waals surface area contributed by atoms with E-state index in [2.05, 4.69) is 19.2 Å². The van der Waals surface area contributed by atoms with Crippen molar-refractivity contribution < 1.29 is 9.53 Å². The van der Waals surface area contributed by atoms with Gasteiger partial charge in [-0.2, -0.15) is 0 Å². The van der Waals surface area contributed by atoms with Crippen LogP contribution in [0.25, 0.3) is 6.08 Å². The van der Waals surface area contributed by atoms with Crippen LogP contribution < -0.4 is 10.1 Å². The maximum absolute atomic E-state index is 12.1. The second-order valence-electron chi connectivity index (χ2n) is 5.99. The molecule has 1 fully saturated rings. The molecule has 0 aliphatic heterocycles. The smallest absolute Gasteiger partial charge is 0.244 e. The first-order valence-electron chi connectivity index (χ1n) is 7.73. The molecule has 114 valence electrons. The summed E-state index contributed by atoms with van der Waals surface area (Å²) in [4.78, 5) is 12.1. The molecule has 0 radical (unpaired) electrons. The first-order valence-corrected chi connectivity index (χ1v) is 7.73. The third kappa shape index (κ3) is 4.35. The Labute approximate surface area is 127 Å². The minimum atomic E-state index is -0.0104. The molecule has 3 nitrogen and oxygen atoms in total. The van der Waals surface area contributed by atoms with Crippen LogP contribution in [-0.4, -0.2) is 19.1 Å². The van der Waals surface area contributed by atoms with Crippen LogP contribution >= 0.6 is 0 Å². The molecule has 0 aromatic heterocycles. The fourth-order valence-corrected chi connectivity index (χ4v) is 2.93. The molecule has 0 heterocycles. The van der Waals surface area contributed by atoms with Gasteiger partial charge in [0.2, 0.25) is 5.91 Å². The van der Waals surface area contributed by atoms with Gasteiger partial charge in [0.15, 0.2) is 0 Å². The Morgan fingerprint density at radius 3 is 2.90 bits per heavy atom. The van der Waals surface area contributed by atoms with Gasteiger partial charge in [-0.1, -0.05) is 38.8 Å². The number of benzene rings is 1. The molecular weight excluding hydrogens is 262 g/mol. The minimum absolute atomic E-state index is 0.0104. The van der Waals surface area contributed by atoms with Crippen molar-refractivity contribution in [3.63, 3.8) is 0 Å². The first-order chi connectivity index (χ1) is 10.1. The third-order valence-corrected chi connectivity index (χ3v) is 4.56. The topological polar surface area (TPSA) is 38.3 Å². The Balaban J connectivity index is 1.93. The lowest BCUT2D eigenvalue weighted by atomic mass is 9.78. The lowest BCUT2D eigenvalue weighted by Gasteiger charge is -2.34. The van der Waals surface area contributed by atoms with Crippen LogP contribution in [0, 0.1) is 11.8 Å². The molecule has 3 atom stereocenters. The highest BCUT2D eigenvalue weighted by Gasteiger charge is 2.27. The van der Waals surface area contributed by atoms with Gasteiger partial charge in [0.05, 0.1) is 7.11 Å². The number of methoxy groups -OCH3 is 1. The number of carbonyl (C=O) groups excluding carboxylic acids is 1. The van der Waals surface area contributed by atoms with Crippen molar-refractivity contribution in [1.29, 1.82) is 0 Å². The van der Waals surface area contributed by atoms with Crippen molar-refractivity contribution in [3.05, 3.63) is 35.9 Å². The Morgan fingerprint density at radius 2 is 2.14 bits per heavy atom. The Morgan fingerprint density at radius 1 is 1.33 bits per heavy atom. The largest absolute Gasteiger partial charge is 0.497 e. The molecular formula is C18H25NO2. The normalized spacial score (nSPS) is 25.8. The summed E-state index contributed by atoms with van der Waals surface area (Å²) in [5, 5.41) is 3.14. The number of hydrogen-bond acceptors (Lipinski definition) is 2. The summed E-state index contributed by atoms with van der Waals surface area (Å²) in [7, 11) is 1.64. The van der Waals surface area contributed by atoms with Crippen molar-refractivity contribution >= 4 is 12.0 Å². The van der Waals surface area contributed by atoms with Crippen LogP contribution in [0.2, 0.25) is 0 Å². The summed E-state index contributed by atoms with van der Waals surface area (Å²) in [6.45, 7) is 4.51. The zero-order valence-electron chi connectivity index (χ0n) is 13.1. The maximum Gasteiger partial charge on any atom is 0.244 e. The van der Waals surface area contributed by atoms with Gasteiger partial charge in [-0.3, -0.25) is 4.79 Å². The van der Waals surface area contributed by atoms with Crippen molar-refractivity contribution in [2.24, 2.45) is 11.8 Å². The average molecular weight is 287 g/mol. The molecule has 1 aromatic rings. The molecule has 1 aliphatic carbocycles. The molecule has 0 unspecified atom stereocenters. The highest BCUT2D eigenvalue weighted by molar-refractivity contribution is 5.92. The van der Waals surface area contributed by atoms with E-state index >= 15 is 0 Å². The van der Waals surface area contributed by atoms with Crippen LogP contribution in [0.5, 0.6) is 5.75 Å². The van der Waals surface area contributed by atoms with E-state index in [9.17, 15) is 4.79 Å². The predicted octanol–water partition coefficient (Wildman–Crippen LogP) is 3.65. The summed E-state index contributed by atoms with van der Waals surface area (Å²) < 4.78 is 5.17. The van der Waals surface area contributed by atoms with Gasteiger partial charge in [-0.05, 0) is 42.0 Å². The average Bonchev–Trinajstić information content (AvgIpc) is 2.50. The van der Waals surface area contributed by atoms with E-state index < -0.39 is 0 Å². The van der Waals surface area contributed by atoms with Crippen LogP contribution in [-0.2, 0) is 4.79 Å². The molecule has 0 saturated heterocycles. The van der Waals surface area contributed by atoms with E-state index in [4.69, 9.17) is 4.74 Å². The summed E-state index contributed by atoms with van der Waals surface area (Å²) in [6.07, 6.45) is 7.00. The molecule has 1 amide bonds. The predicted molar refractivity (Wildman–Crippen MR) is 86.1 cm³/mol. The van der Waals surface area contributed by atoms with Gasteiger partial charge in [0, 0.05) is 12.1 Å². The van der Waals surface area contributed by atoms with Crippen molar-refractivity contribution in [2.45, 2.75) is 39.2 Å². The second kappa shape index (κ2) is 7.30. The lowest BCUT2D eigenvalue weighted by Crippen LogP contribution is -2.43. The van der Waals surface area contributed by atoms with Gasteiger partial charge in [0.25, 0.3) is 0 Å². The summed E-state index contributed by atoms with van der Waals surface area (Å²) >= 11 is 0. The summed E-state index contributed by atoms with van der Waals surface area (Å²) in [5.74, 6) is 2.02. The van der Waals surface area contributed by atoms with Crippen molar-refractivity contribution in [3.8, 4) is 5.75 Å². The third-order valence-electron chi connectivity index (χ3n) is 4.56. The van der Waals surface area contributed by atoms with E-state index in [1.807, 2.05) is 30.3 Å². The van der Waals surface area contributed by atoms with Gasteiger partial charge in [-0.25, -0.2) is 0 Å². The van der Waals surface area contributed by atoms with E-state index in [1.165, 1.54) is 12.8 Å². The Bertz CT molecular complexity index is 510. The van der Waals surface area contributed by atoms with Crippen LogP contribution in [0.1, 0.15) is 38.7 Å². The molecule has 1 saturated carbocycles. The maximum atomic E-state index is 12.1. The SMILES string of the molecule is COc1cccc(/C=C/C(=O)N[C@@H]2CCC[C@@H](C)[C@H]2C)c1. The quantitative estimate of drug-likeness (QED) is 0.858. The monoisotopic (exact) mass is 287 g/mol. The second-order valence-corrected chi connectivity index (χ2v) is 5.99. The molecule has 2 rings (SSSR count). The highest BCUT2D eigenvalue weighted by Crippen LogP contribution is 2.29. The molecule has 1 aliphatic rings. The number of hydrogen-bond donors (Lipinski definition) is 1. The number of carbonyl (C=O) groups is 1. The molecule has 3 heteroatoms. The highest BCUT2D eigenvalue weighted by atomic mass is 16.5. The van der Waals surface area contributed by atoms with Crippen LogP contribution in [0.3, 0.4) is 0 Å². The molecule has 1 N–H and O–H groups in total. The number of ether oxygens (including phenoxy) is 1. The minimum Gasteiger partial charge on any atom is -0.497 e. The first kappa shape index (κ1) is 15.6. The van der Waals surface area contributed by atoms with Crippen molar-refractivity contribution in [1.82, 2.24) is 5.32 Å². The number of rotatable bonds is 4. The van der Waals surface area contributed by atoms with Crippen LogP contribution in [0.15, 0.2) is 30.3 Å². The van der Waals surface area contributed by atoms with E-state index in [0.29, 0.717) is 17.9 Å². The fraction of sp³-hybridized carbons (Fsp3) is 0.500. The van der Waals surface area contributed by atoms with Gasteiger partial charge in [0.1, 0.15) is 5.75 Å². The molecule has 0 bridgehead atoms. The summed E-state index contributed by atoms with van der Waals surface area (Å²) in [6, 6.07) is 7.98. The van der Waals surface area contributed by atoms with E-state index in [-0.39, 0.29) is 5.91 Å². The van der Waals surface area contributed by atoms with Gasteiger partial charge < -0.3 is 10.1 Å². The zero-order valence-corrected chi connectivity index (χ0v) is 13.1. The summed E-state index contributed by atoms with van der Waals surface area (Å²) in [5.41, 5.74) is 0.967. The Kier molecular flexibility index (Phi) is 5.43. The van der Waals surface area contributed by atoms with Gasteiger partial charge in [-0.15, -0.1) is 0 Å². The van der Waals surface area contributed by atoms with Crippen LogP contribution in [0.4, 0.5) is 0 Å². The van der Waals surface area contributed by atoms with Crippen molar-refractivity contribution in [2.75, 3.05) is 7.11 Å². The Hall–Kier alpha value is -1.77. The number of nitrogens with one attached hydrogen (secondary N) is 1. The lowest BCUT2D eigenvalue weighted by molar-refractivity contribution is -0.117. The fourth-order valence-electron chi connectivity index (χ4n) is 2.93. The van der Waals surface area contributed by atoms with E-state index in [1.54, 1.807) is 13.2 Å². The molecule has 21 heavy (non-hydrogen) atoms. The number of amides is 1. The zero-order chi connectivity index (χ0) is 15.2. The van der Waals surface area contributed by atoms with E-state index in [0.717, 1.165) is 17.7 Å². The molecule has 1 aromatic carbocycles. The standard InChI is InChI=1S/C18H25NO2/c1-13-6-4-9-17(14(13)2)19-18(20)11-10-15-7-5-8-16(12-15)21-3/h5,7-8,10-14,17H,4,6,9H2,1-3H3,(H,19,20)/b11-10+/t13-,14-,17-/m1/s1. The van der Waals surface area contributed by atoms with Gasteiger partial charge >= 0.3 is 0 Å².